The number of rotatable bonds is 7. The third-order valence-electron chi connectivity index (χ3n) is 7.81. The second-order valence-electron chi connectivity index (χ2n) is 10.1. The summed E-state index contributed by atoms with van der Waals surface area (Å²) in [4.78, 5) is 25.8. The highest BCUT2D eigenvalue weighted by atomic mass is 35.5. The number of hydrogen-bond acceptors (Lipinski definition) is 6. The first-order valence-corrected chi connectivity index (χ1v) is 13.1. The summed E-state index contributed by atoms with van der Waals surface area (Å²) in [7, 11) is 0. The molecular formula is C27H35ClN4O3. The number of hydrogen-bond donors (Lipinski definition) is 2. The standard InChI is InChI=1S/C25H29ClN4O3.C2H6/c1-15(33-14-16-9-25(10-16)7-2-8-25)28-17-12-30(13-17)21-5-3-18(23(26)20(21)11-27)19-4-6-22(31)29-24(19)32;1-2/h3,5,16-17,19,28H,1-2,4,6-10,12-14H2,(H,29,31,32);1-2H3. The summed E-state index contributed by atoms with van der Waals surface area (Å²) < 4.78 is 5.86. The number of imide groups is 1. The molecule has 35 heavy (non-hydrogen) atoms. The van der Waals surface area contributed by atoms with E-state index in [0.29, 0.717) is 52.9 Å². The molecular weight excluding hydrogens is 464 g/mol. The molecule has 5 rings (SSSR count). The van der Waals surface area contributed by atoms with Gasteiger partial charge in [0.25, 0.3) is 0 Å². The summed E-state index contributed by atoms with van der Waals surface area (Å²) in [5, 5.41) is 15.7. The van der Waals surface area contributed by atoms with Gasteiger partial charge in [-0.2, -0.15) is 5.26 Å². The zero-order valence-electron chi connectivity index (χ0n) is 20.7. The first kappa shape index (κ1) is 25.4. The van der Waals surface area contributed by atoms with Gasteiger partial charge in [0.15, 0.2) is 5.88 Å². The van der Waals surface area contributed by atoms with E-state index < -0.39 is 5.92 Å². The Balaban J connectivity index is 0.00000141. The monoisotopic (exact) mass is 498 g/mol. The maximum atomic E-state index is 12.2. The molecule has 0 radical (unpaired) electrons. The minimum atomic E-state index is -0.516. The van der Waals surface area contributed by atoms with Crippen molar-refractivity contribution in [2.45, 2.75) is 70.8 Å². The molecule has 4 fully saturated rings. The molecule has 2 aliphatic carbocycles. The van der Waals surface area contributed by atoms with Crippen LogP contribution >= 0.6 is 11.6 Å². The van der Waals surface area contributed by atoms with E-state index in [2.05, 4.69) is 28.2 Å². The molecule has 1 unspecified atom stereocenters. The molecule has 188 valence electrons. The van der Waals surface area contributed by atoms with Crippen molar-refractivity contribution >= 4 is 29.1 Å². The maximum absolute atomic E-state index is 12.2. The fourth-order valence-electron chi connectivity index (χ4n) is 5.83. The first-order valence-electron chi connectivity index (χ1n) is 12.8. The number of nitriles is 1. The van der Waals surface area contributed by atoms with Crippen LogP contribution in [0, 0.1) is 22.7 Å². The predicted octanol–water partition coefficient (Wildman–Crippen LogP) is 4.60. The summed E-state index contributed by atoms with van der Waals surface area (Å²) in [6.07, 6.45) is 7.43. The van der Waals surface area contributed by atoms with Crippen molar-refractivity contribution in [1.82, 2.24) is 10.6 Å². The number of anilines is 1. The highest BCUT2D eigenvalue weighted by Crippen LogP contribution is 2.58. The molecule has 1 atom stereocenters. The van der Waals surface area contributed by atoms with Crippen LogP contribution in [0.1, 0.15) is 75.8 Å². The average molecular weight is 499 g/mol. The van der Waals surface area contributed by atoms with Gasteiger partial charge >= 0.3 is 0 Å². The smallest absolute Gasteiger partial charge is 0.234 e. The fourth-order valence-corrected chi connectivity index (χ4v) is 6.17. The summed E-state index contributed by atoms with van der Waals surface area (Å²) in [5.74, 6) is 0.119. The summed E-state index contributed by atoms with van der Waals surface area (Å²) in [5.41, 5.74) is 2.37. The number of benzene rings is 1. The molecule has 1 spiro atoms. The summed E-state index contributed by atoms with van der Waals surface area (Å²) in [6.45, 7) is 10.2. The summed E-state index contributed by atoms with van der Waals surface area (Å²) in [6, 6.07) is 6.04. The number of carbonyl (C=O) groups is 2. The van der Waals surface area contributed by atoms with E-state index in [-0.39, 0.29) is 24.3 Å². The third kappa shape index (κ3) is 5.13. The van der Waals surface area contributed by atoms with Crippen molar-refractivity contribution in [3.05, 3.63) is 40.7 Å². The molecule has 2 N–H and O–H groups in total. The quantitative estimate of drug-likeness (QED) is 0.421. The molecule has 2 saturated heterocycles. The molecule has 7 nitrogen and oxygen atoms in total. The SMILES string of the molecule is C=C(NC1CN(c2ccc(C3CCC(=O)NC3=O)c(Cl)c2C#N)C1)OCC1CC2(CCC2)C1.CC. The number of ether oxygens (including phenoxy) is 1. The van der Waals surface area contributed by atoms with Crippen LogP contribution in [-0.4, -0.2) is 37.6 Å². The van der Waals surface area contributed by atoms with Gasteiger partial charge in [0, 0.05) is 19.5 Å². The van der Waals surface area contributed by atoms with Gasteiger partial charge < -0.3 is 15.0 Å². The van der Waals surface area contributed by atoms with Gasteiger partial charge in [0.2, 0.25) is 11.8 Å². The van der Waals surface area contributed by atoms with Gasteiger partial charge in [-0.3, -0.25) is 14.9 Å². The number of amides is 2. The van der Waals surface area contributed by atoms with Crippen molar-refractivity contribution in [1.29, 1.82) is 5.26 Å². The minimum Gasteiger partial charge on any atom is -0.479 e. The zero-order chi connectivity index (χ0) is 25.2. The fraction of sp³-hybridized carbons (Fsp3) is 0.593. The van der Waals surface area contributed by atoms with Crippen LogP contribution in [0.5, 0.6) is 0 Å². The van der Waals surface area contributed by atoms with E-state index in [1.807, 2.05) is 19.9 Å². The Bertz CT molecular complexity index is 1030. The minimum absolute atomic E-state index is 0.192. The molecule has 2 saturated carbocycles. The Labute approximate surface area is 212 Å². The Kier molecular flexibility index (Phi) is 7.61. The van der Waals surface area contributed by atoms with Crippen molar-refractivity contribution in [3.63, 3.8) is 0 Å². The highest BCUT2D eigenvalue weighted by molar-refractivity contribution is 6.33. The second-order valence-corrected chi connectivity index (χ2v) is 10.5. The van der Waals surface area contributed by atoms with Crippen molar-refractivity contribution < 1.29 is 14.3 Å². The van der Waals surface area contributed by atoms with Crippen molar-refractivity contribution in [3.8, 4) is 6.07 Å². The third-order valence-corrected chi connectivity index (χ3v) is 8.22. The number of nitrogens with one attached hydrogen (secondary N) is 2. The van der Waals surface area contributed by atoms with Crippen LogP contribution in [-0.2, 0) is 14.3 Å². The molecule has 8 heteroatoms. The zero-order valence-corrected chi connectivity index (χ0v) is 21.4. The van der Waals surface area contributed by atoms with Gasteiger partial charge in [-0.15, -0.1) is 0 Å². The van der Waals surface area contributed by atoms with E-state index in [0.717, 1.165) is 12.3 Å². The number of halogens is 1. The molecule has 4 aliphatic rings. The second kappa shape index (κ2) is 10.5. The van der Waals surface area contributed by atoms with E-state index in [9.17, 15) is 14.9 Å². The molecule has 2 aliphatic heterocycles. The number of piperidine rings is 1. The van der Waals surface area contributed by atoms with Gasteiger partial charge in [-0.25, -0.2) is 0 Å². The normalized spacial score (nSPS) is 23.0. The average Bonchev–Trinajstić information content (AvgIpc) is 2.76. The molecule has 2 heterocycles. The molecule has 0 aromatic heterocycles. The van der Waals surface area contributed by atoms with Crippen LogP contribution < -0.4 is 15.5 Å². The lowest BCUT2D eigenvalue weighted by Crippen LogP contribution is -2.58. The van der Waals surface area contributed by atoms with Crippen LogP contribution in [0.2, 0.25) is 5.02 Å². The Hall–Kier alpha value is -2.72. The molecule has 2 amide bonds. The summed E-state index contributed by atoms with van der Waals surface area (Å²) >= 11 is 6.56. The molecule has 1 aromatic rings. The lowest BCUT2D eigenvalue weighted by molar-refractivity contribution is -0.134. The Morgan fingerprint density at radius 3 is 2.63 bits per heavy atom. The highest BCUT2D eigenvalue weighted by Gasteiger charge is 2.48. The predicted molar refractivity (Wildman–Crippen MR) is 136 cm³/mol. The van der Waals surface area contributed by atoms with Crippen LogP contribution in [0.25, 0.3) is 0 Å². The Morgan fingerprint density at radius 1 is 1.31 bits per heavy atom. The van der Waals surface area contributed by atoms with Crippen LogP contribution in [0.4, 0.5) is 5.69 Å². The van der Waals surface area contributed by atoms with Crippen LogP contribution in [0.3, 0.4) is 0 Å². The lowest BCUT2D eigenvalue weighted by Gasteiger charge is -2.54. The van der Waals surface area contributed by atoms with Gasteiger partial charge in [-0.05, 0) is 61.6 Å². The van der Waals surface area contributed by atoms with Gasteiger partial charge in [-0.1, -0.05) is 37.9 Å². The molecule has 0 bridgehead atoms. The first-order chi connectivity index (χ1) is 16.9. The van der Waals surface area contributed by atoms with Crippen molar-refractivity contribution in [2.75, 3.05) is 24.6 Å². The topological polar surface area (TPSA) is 94.5 Å². The van der Waals surface area contributed by atoms with Crippen molar-refractivity contribution in [2.24, 2.45) is 11.3 Å². The van der Waals surface area contributed by atoms with Gasteiger partial charge in [0.1, 0.15) is 6.07 Å². The number of nitrogens with zero attached hydrogens (tertiary/aromatic N) is 2. The molecule has 1 aromatic carbocycles. The van der Waals surface area contributed by atoms with E-state index in [1.54, 1.807) is 6.07 Å². The van der Waals surface area contributed by atoms with E-state index in [4.69, 9.17) is 16.3 Å². The number of carbonyl (C=O) groups excluding carboxylic acids is 2. The Morgan fingerprint density at radius 2 is 2.03 bits per heavy atom. The largest absolute Gasteiger partial charge is 0.479 e. The van der Waals surface area contributed by atoms with E-state index >= 15 is 0 Å². The lowest BCUT2D eigenvalue weighted by atomic mass is 9.52. The maximum Gasteiger partial charge on any atom is 0.234 e. The van der Waals surface area contributed by atoms with E-state index in [1.165, 1.54) is 32.1 Å². The van der Waals surface area contributed by atoms with Crippen LogP contribution in [0.15, 0.2) is 24.6 Å². The van der Waals surface area contributed by atoms with Gasteiger partial charge in [0.05, 0.1) is 34.8 Å².